The highest BCUT2D eigenvalue weighted by Crippen LogP contribution is 2.32. The van der Waals surface area contributed by atoms with Crippen molar-refractivity contribution in [3.63, 3.8) is 0 Å². The van der Waals surface area contributed by atoms with Gasteiger partial charge in [0, 0.05) is 24.5 Å². The van der Waals surface area contributed by atoms with Crippen molar-refractivity contribution in [1.82, 2.24) is 4.31 Å². The first kappa shape index (κ1) is 18.1. The van der Waals surface area contributed by atoms with E-state index in [0.717, 1.165) is 0 Å². The fourth-order valence-corrected chi connectivity index (χ4v) is 4.40. The van der Waals surface area contributed by atoms with Gasteiger partial charge < -0.3 is 0 Å². The molecule has 0 fully saturated rings. The molecule has 0 amide bonds. The Morgan fingerprint density at radius 1 is 1.20 bits per heavy atom. The Balaban J connectivity index is 3.32. The van der Waals surface area contributed by atoms with Crippen molar-refractivity contribution < 1.29 is 8.42 Å². The maximum absolute atomic E-state index is 12.6. The molecule has 0 heterocycles. The highest BCUT2D eigenvalue weighted by atomic mass is 35.5. The minimum Gasteiger partial charge on any atom is -0.207 e. The number of rotatable bonds is 4. The van der Waals surface area contributed by atoms with Crippen LogP contribution >= 0.6 is 34.8 Å². The molecule has 0 aliphatic rings. The van der Waals surface area contributed by atoms with Gasteiger partial charge >= 0.3 is 0 Å². The minimum absolute atomic E-state index is 0.00549. The van der Waals surface area contributed by atoms with Crippen molar-refractivity contribution in [1.29, 1.82) is 0 Å². The molecular weight excluding hydrogens is 341 g/mol. The molecular formula is C13H18Cl3NO2S. The summed E-state index contributed by atoms with van der Waals surface area (Å²) in [4.78, 5) is -0.00549. The van der Waals surface area contributed by atoms with E-state index in [1.165, 1.54) is 17.4 Å². The van der Waals surface area contributed by atoms with Crippen LogP contribution in [0.3, 0.4) is 0 Å². The topological polar surface area (TPSA) is 37.4 Å². The average Bonchev–Trinajstić information content (AvgIpc) is 2.29. The predicted octanol–water partition coefficient (Wildman–Crippen LogP) is 4.40. The number of benzene rings is 1. The lowest BCUT2D eigenvalue weighted by Crippen LogP contribution is -2.34. The lowest BCUT2D eigenvalue weighted by molar-refractivity contribution is 0.311. The summed E-state index contributed by atoms with van der Waals surface area (Å²) in [6.45, 7) is 6.25. The van der Waals surface area contributed by atoms with E-state index in [-0.39, 0.29) is 21.2 Å². The number of halogens is 3. The van der Waals surface area contributed by atoms with Crippen molar-refractivity contribution in [3.05, 3.63) is 27.7 Å². The monoisotopic (exact) mass is 357 g/mol. The van der Waals surface area contributed by atoms with Gasteiger partial charge in [-0.2, -0.15) is 0 Å². The van der Waals surface area contributed by atoms with Crippen LogP contribution in [0.2, 0.25) is 10.0 Å². The minimum atomic E-state index is -3.70. The van der Waals surface area contributed by atoms with Crippen LogP contribution in [0.25, 0.3) is 0 Å². The van der Waals surface area contributed by atoms with E-state index in [9.17, 15) is 8.42 Å². The molecule has 0 atom stereocenters. The Labute approximate surface area is 135 Å². The third kappa shape index (κ3) is 4.25. The quantitative estimate of drug-likeness (QED) is 0.748. The van der Waals surface area contributed by atoms with Gasteiger partial charge in [0.2, 0.25) is 10.0 Å². The molecule has 0 N–H and O–H groups in total. The third-order valence-corrected chi connectivity index (χ3v) is 5.50. The first-order chi connectivity index (χ1) is 8.99. The standard InChI is InChI=1S/C13H18Cl3NO2S/c1-13(2,3)8-17(4)20(18,19)11-6-10(15)5-9(7-14)12(11)16/h5-6H,7-8H2,1-4H3. The lowest BCUT2D eigenvalue weighted by Gasteiger charge is -2.26. The van der Waals surface area contributed by atoms with Crippen LogP contribution in [0.4, 0.5) is 0 Å². The first-order valence-corrected chi connectivity index (χ1v) is 8.72. The fourth-order valence-electron chi connectivity index (χ4n) is 1.82. The van der Waals surface area contributed by atoms with Gasteiger partial charge in [-0.25, -0.2) is 12.7 Å². The van der Waals surface area contributed by atoms with Crippen LogP contribution in [0.5, 0.6) is 0 Å². The van der Waals surface area contributed by atoms with Crippen molar-refractivity contribution >= 4 is 44.8 Å². The van der Waals surface area contributed by atoms with Crippen molar-refractivity contribution in [3.8, 4) is 0 Å². The van der Waals surface area contributed by atoms with Crippen molar-refractivity contribution in [2.45, 2.75) is 31.5 Å². The normalized spacial score (nSPS) is 13.0. The average molecular weight is 359 g/mol. The van der Waals surface area contributed by atoms with E-state index >= 15 is 0 Å². The van der Waals surface area contributed by atoms with Gasteiger partial charge in [-0.3, -0.25) is 0 Å². The summed E-state index contributed by atoms with van der Waals surface area (Å²) < 4.78 is 26.5. The summed E-state index contributed by atoms with van der Waals surface area (Å²) >= 11 is 17.8. The zero-order chi connectivity index (χ0) is 15.7. The number of alkyl halides is 1. The molecule has 0 bridgehead atoms. The second-order valence-electron chi connectivity index (χ2n) is 5.83. The van der Waals surface area contributed by atoms with Gasteiger partial charge in [0.15, 0.2) is 0 Å². The molecule has 1 aromatic carbocycles. The van der Waals surface area contributed by atoms with E-state index in [1.807, 2.05) is 20.8 Å². The molecule has 1 aromatic rings. The highest BCUT2D eigenvalue weighted by molar-refractivity contribution is 7.89. The number of sulfonamides is 1. The predicted molar refractivity (Wildman–Crippen MR) is 85.3 cm³/mol. The van der Waals surface area contributed by atoms with E-state index in [2.05, 4.69) is 0 Å². The second kappa shape index (κ2) is 6.41. The zero-order valence-electron chi connectivity index (χ0n) is 11.9. The van der Waals surface area contributed by atoms with Crippen molar-refractivity contribution in [2.24, 2.45) is 5.41 Å². The molecule has 0 saturated heterocycles. The Morgan fingerprint density at radius 2 is 1.75 bits per heavy atom. The van der Waals surface area contributed by atoms with Crippen molar-refractivity contribution in [2.75, 3.05) is 13.6 Å². The molecule has 0 spiro atoms. The van der Waals surface area contributed by atoms with Gasteiger partial charge in [-0.15, -0.1) is 11.6 Å². The molecule has 0 aliphatic heterocycles. The van der Waals surface area contributed by atoms with Crippen LogP contribution in [0.15, 0.2) is 17.0 Å². The van der Waals surface area contributed by atoms with Crippen LogP contribution in [0.1, 0.15) is 26.3 Å². The fraction of sp³-hybridized carbons (Fsp3) is 0.538. The summed E-state index contributed by atoms with van der Waals surface area (Å²) in [7, 11) is -2.17. The van der Waals surface area contributed by atoms with E-state index < -0.39 is 10.0 Å². The molecule has 114 valence electrons. The van der Waals surface area contributed by atoms with Gasteiger partial charge in [0.25, 0.3) is 0 Å². The molecule has 0 unspecified atom stereocenters. The van der Waals surface area contributed by atoms with E-state index in [1.54, 1.807) is 6.07 Å². The maximum atomic E-state index is 12.6. The summed E-state index contributed by atoms with van der Waals surface area (Å²) in [6.07, 6.45) is 0. The van der Waals surface area contributed by atoms with Crippen LogP contribution in [-0.2, 0) is 15.9 Å². The van der Waals surface area contributed by atoms with Gasteiger partial charge in [0.05, 0.1) is 5.02 Å². The Kier molecular flexibility index (Phi) is 5.78. The molecule has 1 rings (SSSR count). The van der Waals surface area contributed by atoms with Crippen LogP contribution in [-0.4, -0.2) is 26.3 Å². The molecule has 0 aliphatic carbocycles. The molecule has 0 aromatic heterocycles. The lowest BCUT2D eigenvalue weighted by atomic mass is 9.97. The van der Waals surface area contributed by atoms with E-state index in [4.69, 9.17) is 34.8 Å². The Hall–Kier alpha value is -0.000000000000000111. The number of hydrogen-bond donors (Lipinski definition) is 0. The summed E-state index contributed by atoms with van der Waals surface area (Å²) in [5, 5.41) is 0.429. The van der Waals surface area contributed by atoms with Gasteiger partial charge in [0.1, 0.15) is 4.90 Å². The Morgan fingerprint density at radius 3 is 2.20 bits per heavy atom. The second-order valence-corrected chi connectivity index (χ2v) is 8.93. The highest BCUT2D eigenvalue weighted by Gasteiger charge is 2.28. The molecule has 0 saturated carbocycles. The summed E-state index contributed by atoms with van der Waals surface area (Å²) in [5.74, 6) is 0.102. The smallest absolute Gasteiger partial charge is 0.207 e. The van der Waals surface area contributed by atoms with Gasteiger partial charge in [-0.05, 0) is 23.1 Å². The van der Waals surface area contributed by atoms with Crippen LogP contribution in [0, 0.1) is 5.41 Å². The summed E-state index contributed by atoms with van der Waals surface area (Å²) in [6, 6.07) is 2.92. The first-order valence-electron chi connectivity index (χ1n) is 5.99. The van der Waals surface area contributed by atoms with Gasteiger partial charge in [-0.1, -0.05) is 44.0 Å². The largest absolute Gasteiger partial charge is 0.244 e. The summed E-state index contributed by atoms with van der Waals surface area (Å²) in [5.41, 5.74) is 0.339. The zero-order valence-corrected chi connectivity index (χ0v) is 15.0. The third-order valence-electron chi connectivity index (χ3n) is 2.61. The van der Waals surface area contributed by atoms with Crippen LogP contribution < -0.4 is 0 Å². The molecule has 20 heavy (non-hydrogen) atoms. The molecule has 0 radical (unpaired) electrons. The van der Waals surface area contributed by atoms with E-state index in [0.29, 0.717) is 17.1 Å². The number of nitrogens with zero attached hydrogens (tertiary/aromatic N) is 1. The Bertz CT molecular complexity index is 594. The molecule has 3 nitrogen and oxygen atoms in total. The molecule has 7 heteroatoms. The maximum Gasteiger partial charge on any atom is 0.244 e. The number of hydrogen-bond acceptors (Lipinski definition) is 2. The SMILES string of the molecule is CN(CC(C)(C)C)S(=O)(=O)c1cc(Cl)cc(CCl)c1Cl.